The molecule has 5 aromatic rings. The third-order valence-electron chi connectivity index (χ3n) is 7.87. The van der Waals surface area contributed by atoms with Gasteiger partial charge in [-0.3, -0.25) is 14.7 Å². The van der Waals surface area contributed by atoms with Crippen molar-refractivity contribution in [2.75, 3.05) is 16.8 Å². The van der Waals surface area contributed by atoms with E-state index in [1.165, 1.54) is 0 Å². The van der Waals surface area contributed by atoms with Crippen molar-refractivity contribution >= 4 is 28.4 Å². The van der Waals surface area contributed by atoms with Crippen molar-refractivity contribution in [3.05, 3.63) is 112 Å². The maximum Gasteiger partial charge on any atom is 0.326 e. The second kappa shape index (κ2) is 14.2. The van der Waals surface area contributed by atoms with E-state index in [2.05, 4.69) is 67.0 Å². The minimum absolute atomic E-state index is 0.197. The Bertz CT molecular complexity index is 1810. The van der Waals surface area contributed by atoms with E-state index < -0.39 is 0 Å². The summed E-state index contributed by atoms with van der Waals surface area (Å²) in [5.41, 5.74) is 5.58. The Morgan fingerprint density at radius 1 is 0.956 bits per heavy atom. The summed E-state index contributed by atoms with van der Waals surface area (Å²) in [7, 11) is 0. The largest absolute Gasteiger partial charge is 0.489 e. The zero-order chi connectivity index (χ0) is 31.9. The summed E-state index contributed by atoms with van der Waals surface area (Å²) in [6.07, 6.45) is 6.71. The van der Waals surface area contributed by atoms with E-state index in [4.69, 9.17) is 4.74 Å². The highest BCUT2D eigenvalue weighted by atomic mass is 16.5. The van der Waals surface area contributed by atoms with Crippen LogP contribution in [-0.2, 0) is 6.61 Å². The summed E-state index contributed by atoms with van der Waals surface area (Å²) in [5, 5.41) is 3.97. The molecule has 8 heteroatoms. The van der Waals surface area contributed by atoms with Crippen LogP contribution in [0.5, 0.6) is 5.75 Å². The Balaban J connectivity index is 1.64. The minimum atomic E-state index is -0.384. The normalized spacial score (nSPS) is 11.3. The van der Waals surface area contributed by atoms with Gasteiger partial charge in [-0.25, -0.2) is 9.78 Å². The van der Waals surface area contributed by atoms with Gasteiger partial charge in [0, 0.05) is 47.3 Å². The van der Waals surface area contributed by atoms with E-state index in [-0.39, 0.29) is 29.1 Å². The number of rotatable bonds is 11. The number of carbonyl (C=O) groups excluding carboxylic acids is 1. The summed E-state index contributed by atoms with van der Waals surface area (Å²) in [6.45, 7) is 11.2. The van der Waals surface area contributed by atoms with Crippen LogP contribution in [0.1, 0.15) is 76.0 Å². The first-order valence-electron chi connectivity index (χ1n) is 15.6. The molecule has 0 spiro atoms. The molecular weight excluding hydrogens is 562 g/mol. The van der Waals surface area contributed by atoms with Gasteiger partial charge in [0.15, 0.2) is 0 Å². The summed E-state index contributed by atoms with van der Waals surface area (Å²) < 4.78 is 6.12. The summed E-state index contributed by atoms with van der Waals surface area (Å²) in [6, 6.07) is 21.0. The lowest BCUT2D eigenvalue weighted by Crippen LogP contribution is -2.40. The van der Waals surface area contributed by atoms with Crippen molar-refractivity contribution in [1.82, 2.24) is 15.0 Å². The number of nitrogens with one attached hydrogen (secondary N) is 2. The summed E-state index contributed by atoms with van der Waals surface area (Å²) >= 11 is 0. The number of urea groups is 1. The van der Waals surface area contributed by atoms with E-state index in [1.807, 2.05) is 54.6 Å². The van der Waals surface area contributed by atoms with Gasteiger partial charge < -0.3 is 15.0 Å². The highest BCUT2D eigenvalue weighted by Gasteiger charge is 2.27. The van der Waals surface area contributed by atoms with Gasteiger partial charge in [-0.1, -0.05) is 77.4 Å². The minimum Gasteiger partial charge on any atom is -0.489 e. The predicted octanol–water partition coefficient (Wildman–Crippen LogP) is 8.65. The number of para-hydroxylation sites is 1. The van der Waals surface area contributed by atoms with Crippen LogP contribution in [0.25, 0.3) is 22.2 Å². The van der Waals surface area contributed by atoms with E-state index in [0.717, 1.165) is 39.7 Å². The number of unbranched alkanes of at least 4 members (excludes halogenated alkanes) is 1. The van der Waals surface area contributed by atoms with Crippen LogP contribution < -0.4 is 20.5 Å². The van der Waals surface area contributed by atoms with Crippen LogP contribution in [0.4, 0.5) is 16.2 Å². The van der Waals surface area contributed by atoms with Crippen LogP contribution in [0.2, 0.25) is 0 Å². The number of anilines is 2. The molecule has 0 aliphatic heterocycles. The average Bonchev–Trinajstić information content (AvgIpc) is 3.04. The number of aromatic amines is 1. The first-order chi connectivity index (χ1) is 21.8. The highest BCUT2D eigenvalue weighted by molar-refractivity contribution is 6.09. The maximum atomic E-state index is 14.4. The Labute approximate surface area is 264 Å². The van der Waals surface area contributed by atoms with Crippen molar-refractivity contribution < 1.29 is 9.53 Å². The zero-order valence-electron chi connectivity index (χ0n) is 26.6. The molecule has 0 aliphatic rings. The van der Waals surface area contributed by atoms with Gasteiger partial charge >= 0.3 is 6.03 Å². The number of pyridine rings is 3. The molecule has 232 valence electrons. The molecule has 3 heterocycles. The monoisotopic (exact) mass is 603 g/mol. The molecule has 2 amide bonds. The van der Waals surface area contributed by atoms with E-state index >= 15 is 0 Å². The Morgan fingerprint density at radius 2 is 1.69 bits per heavy atom. The second-order valence-corrected chi connectivity index (χ2v) is 11.8. The van der Waals surface area contributed by atoms with Crippen LogP contribution in [0.15, 0.2) is 90.1 Å². The lowest BCUT2D eigenvalue weighted by Gasteiger charge is -2.28. The van der Waals surface area contributed by atoms with E-state index in [1.54, 1.807) is 23.5 Å². The van der Waals surface area contributed by atoms with E-state index in [0.29, 0.717) is 36.5 Å². The fraction of sp³-hybridized carbons (Fsp3) is 0.297. The molecule has 3 aromatic heterocycles. The molecule has 0 fully saturated rings. The number of amides is 2. The number of hydrogen-bond donors (Lipinski definition) is 2. The topological polar surface area (TPSA) is 100 Å². The summed E-state index contributed by atoms with van der Waals surface area (Å²) in [4.78, 5) is 41.5. The Kier molecular flexibility index (Phi) is 9.92. The molecule has 0 saturated carbocycles. The van der Waals surface area contributed by atoms with Crippen molar-refractivity contribution in [3.8, 4) is 16.9 Å². The van der Waals surface area contributed by atoms with E-state index in [9.17, 15) is 9.59 Å². The number of aromatic nitrogens is 3. The van der Waals surface area contributed by atoms with Crippen LogP contribution in [-0.4, -0.2) is 27.5 Å². The molecule has 45 heavy (non-hydrogen) atoms. The van der Waals surface area contributed by atoms with Crippen LogP contribution in [0.3, 0.4) is 0 Å². The number of fused-ring (bicyclic) bond motifs is 1. The van der Waals surface area contributed by atoms with Crippen LogP contribution >= 0.6 is 0 Å². The smallest absolute Gasteiger partial charge is 0.326 e. The fourth-order valence-corrected chi connectivity index (χ4v) is 5.56. The third kappa shape index (κ3) is 7.06. The lowest BCUT2D eigenvalue weighted by molar-refractivity contribution is 0.256. The molecule has 0 bridgehead atoms. The van der Waals surface area contributed by atoms with Gasteiger partial charge in [-0.15, -0.1) is 0 Å². The molecule has 0 radical (unpaired) electrons. The van der Waals surface area contributed by atoms with Gasteiger partial charge in [0.1, 0.15) is 23.7 Å². The first kappa shape index (κ1) is 31.4. The molecule has 2 N–H and O–H groups in total. The molecular formula is C37H41N5O3. The third-order valence-corrected chi connectivity index (χ3v) is 7.87. The maximum absolute atomic E-state index is 14.4. The zero-order valence-corrected chi connectivity index (χ0v) is 26.6. The highest BCUT2D eigenvalue weighted by Crippen LogP contribution is 2.37. The number of hydrogen-bond acceptors (Lipinski definition) is 5. The van der Waals surface area contributed by atoms with Gasteiger partial charge in [0.25, 0.3) is 5.56 Å². The quantitative estimate of drug-likeness (QED) is 0.157. The summed E-state index contributed by atoms with van der Waals surface area (Å²) in [5.74, 6) is 1.03. The molecule has 8 nitrogen and oxygen atoms in total. The Morgan fingerprint density at radius 3 is 2.38 bits per heavy atom. The molecule has 2 aromatic carbocycles. The standard InChI is InChI=1S/C37H41N5O3/c1-6-7-20-42(37(44)40-33-29(24(2)3)15-9-16-30(33)25(4)5)34-32(31-17-11-19-39-35(31)41-36(34)43)27-13-8-14-28(21-27)45-23-26-12-10-18-38-22-26/h8-19,21-22,24-25H,6-7,20,23H2,1-5H3,(H,40,44)(H,39,41,43). The number of benzene rings is 2. The number of H-pyrrole nitrogens is 1. The average molecular weight is 604 g/mol. The van der Waals surface area contributed by atoms with Gasteiger partial charge in [-0.05, 0) is 65.3 Å². The lowest BCUT2D eigenvalue weighted by atomic mass is 9.92. The Hall–Kier alpha value is -4.98. The van der Waals surface area contributed by atoms with Crippen molar-refractivity contribution in [1.29, 1.82) is 0 Å². The number of ether oxygens (including phenoxy) is 1. The molecule has 0 saturated heterocycles. The van der Waals surface area contributed by atoms with Crippen molar-refractivity contribution in [2.24, 2.45) is 0 Å². The van der Waals surface area contributed by atoms with Gasteiger partial charge in [-0.2, -0.15) is 0 Å². The molecule has 0 atom stereocenters. The fourth-order valence-electron chi connectivity index (χ4n) is 5.56. The van der Waals surface area contributed by atoms with Gasteiger partial charge in [0.2, 0.25) is 0 Å². The van der Waals surface area contributed by atoms with Crippen LogP contribution in [0, 0.1) is 0 Å². The molecule has 0 aliphatic carbocycles. The first-order valence-corrected chi connectivity index (χ1v) is 15.6. The predicted molar refractivity (Wildman–Crippen MR) is 182 cm³/mol. The second-order valence-electron chi connectivity index (χ2n) is 11.8. The molecule has 5 rings (SSSR count). The number of carbonyl (C=O) groups is 1. The number of nitrogens with zero attached hydrogens (tertiary/aromatic N) is 3. The SMILES string of the molecule is CCCCN(C(=O)Nc1c(C(C)C)cccc1C(C)C)c1c(-c2cccc(OCc3cccnc3)c2)c2cccnc2[nH]c1=O. The van der Waals surface area contributed by atoms with Crippen molar-refractivity contribution in [2.45, 2.75) is 65.9 Å². The molecule has 0 unspecified atom stereocenters. The van der Waals surface area contributed by atoms with Crippen molar-refractivity contribution in [3.63, 3.8) is 0 Å². The van der Waals surface area contributed by atoms with Gasteiger partial charge in [0.05, 0.1) is 0 Å².